The number of nitrogens with zero attached hydrogens (tertiary/aromatic N) is 2. The number of likely N-dealkylation sites (tertiary alicyclic amines) is 2. The molecule has 2 aliphatic heterocycles. The van der Waals surface area contributed by atoms with Crippen molar-refractivity contribution in [3.8, 4) is 5.75 Å². The molecule has 148 valence electrons. The molecule has 6 heteroatoms. The summed E-state index contributed by atoms with van der Waals surface area (Å²) in [5, 5.41) is 3.09. The minimum atomic E-state index is -0.0830. The Morgan fingerprint density at radius 3 is 2.52 bits per heavy atom. The Balaban J connectivity index is 1.43. The zero-order valence-electron chi connectivity index (χ0n) is 16.6. The first kappa shape index (κ1) is 19.7. The van der Waals surface area contributed by atoms with Gasteiger partial charge in [0.25, 0.3) is 0 Å². The Labute approximate surface area is 161 Å². The summed E-state index contributed by atoms with van der Waals surface area (Å²) in [6, 6.07) is 7.89. The smallest absolute Gasteiger partial charge is 0.226 e. The van der Waals surface area contributed by atoms with E-state index in [0.29, 0.717) is 13.1 Å². The fraction of sp³-hybridized carbons (Fsp3) is 0.619. The number of amides is 2. The van der Waals surface area contributed by atoms with Crippen molar-refractivity contribution in [2.24, 2.45) is 11.8 Å². The van der Waals surface area contributed by atoms with Gasteiger partial charge in [0.2, 0.25) is 11.8 Å². The number of rotatable bonds is 6. The summed E-state index contributed by atoms with van der Waals surface area (Å²) in [4.78, 5) is 29.1. The fourth-order valence-corrected chi connectivity index (χ4v) is 3.95. The van der Waals surface area contributed by atoms with Gasteiger partial charge in [-0.3, -0.25) is 9.59 Å². The number of hydrogen-bond acceptors (Lipinski definition) is 4. The van der Waals surface area contributed by atoms with Crippen LogP contribution in [0.4, 0.5) is 0 Å². The van der Waals surface area contributed by atoms with Gasteiger partial charge in [-0.15, -0.1) is 0 Å². The van der Waals surface area contributed by atoms with Gasteiger partial charge in [-0.2, -0.15) is 0 Å². The molecule has 2 heterocycles. The van der Waals surface area contributed by atoms with Gasteiger partial charge < -0.3 is 19.9 Å². The number of para-hydroxylation sites is 1. The second kappa shape index (κ2) is 8.74. The normalized spacial score (nSPS) is 20.0. The lowest BCUT2D eigenvalue weighted by Gasteiger charge is -2.41. The maximum absolute atomic E-state index is 12.6. The van der Waals surface area contributed by atoms with E-state index in [-0.39, 0.29) is 29.7 Å². The van der Waals surface area contributed by atoms with Crippen LogP contribution in [0.3, 0.4) is 0 Å². The highest BCUT2D eigenvalue weighted by molar-refractivity contribution is 5.85. The first-order valence-corrected chi connectivity index (χ1v) is 9.87. The predicted molar refractivity (Wildman–Crippen MR) is 105 cm³/mol. The van der Waals surface area contributed by atoms with E-state index in [1.165, 1.54) is 0 Å². The van der Waals surface area contributed by atoms with E-state index in [1.54, 1.807) is 7.11 Å². The molecular weight excluding hydrogens is 342 g/mol. The van der Waals surface area contributed by atoms with Gasteiger partial charge in [0.1, 0.15) is 5.75 Å². The highest BCUT2D eigenvalue weighted by Gasteiger charge is 2.39. The van der Waals surface area contributed by atoms with E-state index in [2.05, 4.69) is 17.3 Å². The summed E-state index contributed by atoms with van der Waals surface area (Å²) < 4.78 is 5.38. The van der Waals surface area contributed by atoms with Crippen LogP contribution < -0.4 is 10.1 Å². The molecule has 0 saturated carbocycles. The number of piperidine rings is 1. The molecule has 0 spiro atoms. The third-order valence-corrected chi connectivity index (χ3v) is 5.74. The van der Waals surface area contributed by atoms with Crippen LogP contribution in [0.2, 0.25) is 0 Å². The lowest BCUT2D eigenvalue weighted by molar-refractivity contribution is -0.147. The van der Waals surface area contributed by atoms with E-state index >= 15 is 0 Å². The molecule has 1 atom stereocenters. The molecule has 3 rings (SSSR count). The topological polar surface area (TPSA) is 61.9 Å². The second-order valence-corrected chi connectivity index (χ2v) is 7.94. The predicted octanol–water partition coefficient (Wildman–Crippen LogP) is 1.54. The van der Waals surface area contributed by atoms with Crippen LogP contribution in [-0.4, -0.2) is 68.0 Å². The Kier molecular flexibility index (Phi) is 6.37. The average molecular weight is 373 g/mol. The summed E-state index contributed by atoms with van der Waals surface area (Å²) in [5.41, 5.74) is 1.08. The van der Waals surface area contributed by atoms with Crippen molar-refractivity contribution in [1.82, 2.24) is 15.1 Å². The second-order valence-electron chi connectivity index (χ2n) is 7.94. The van der Waals surface area contributed by atoms with E-state index in [4.69, 9.17) is 4.74 Å². The van der Waals surface area contributed by atoms with Crippen LogP contribution in [-0.2, 0) is 16.0 Å². The molecule has 27 heavy (non-hydrogen) atoms. The third-order valence-electron chi connectivity index (χ3n) is 5.74. The highest BCUT2D eigenvalue weighted by atomic mass is 16.5. The van der Waals surface area contributed by atoms with Crippen molar-refractivity contribution in [1.29, 1.82) is 0 Å². The third kappa shape index (κ3) is 4.80. The first-order valence-electron chi connectivity index (χ1n) is 9.87. The van der Waals surface area contributed by atoms with Crippen molar-refractivity contribution >= 4 is 11.8 Å². The first-order chi connectivity index (χ1) is 13.0. The maximum Gasteiger partial charge on any atom is 0.226 e. The fourth-order valence-electron chi connectivity index (χ4n) is 3.95. The molecule has 0 bridgehead atoms. The van der Waals surface area contributed by atoms with Crippen LogP contribution in [0, 0.1) is 11.8 Å². The molecule has 0 unspecified atom stereocenters. The van der Waals surface area contributed by atoms with E-state index in [1.807, 2.05) is 36.1 Å². The molecule has 0 radical (unpaired) electrons. The molecule has 2 amide bonds. The van der Waals surface area contributed by atoms with Crippen molar-refractivity contribution in [3.63, 3.8) is 0 Å². The number of ether oxygens (including phenoxy) is 1. The summed E-state index contributed by atoms with van der Waals surface area (Å²) in [5.74, 6) is 1.17. The molecule has 0 aliphatic carbocycles. The Morgan fingerprint density at radius 2 is 1.85 bits per heavy atom. The highest BCUT2D eigenvalue weighted by Crippen LogP contribution is 2.25. The van der Waals surface area contributed by atoms with Gasteiger partial charge in [-0.1, -0.05) is 18.2 Å². The zero-order chi connectivity index (χ0) is 19.4. The van der Waals surface area contributed by atoms with Gasteiger partial charge in [0.15, 0.2) is 0 Å². The van der Waals surface area contributed by atoms with Gasteiger partial charge in [0.05, 0.1) is 13.0 Å². The Hall–Kier alpha value is -2.08. The number of nitrogens with one attached hydrogen (secondary N) is 1. The molecular formula is C21H31N3O3. The number of carbonyl (C=O) groups excluding carboxylic acids is 2. The van der Waals surface area contributed by atoms with Crippen LogP contribution >= 0.6 is 0 Å². The molecule has 1 aromatic carbocycles. The van der Waals surface area contributed by atoms with Gasteiger partial charge in [-0.25, -0.2) is 0 Å². The zero-order valence-corrected chi connectivity index (χ0v) is 16.6. The van der Waals surface area contributed by atoms with Crippen LogP contribution in [0.5, 0.6) is 5.75 Å². The van der Waals surface area contributed by atoms with Crippen molar-refractivity contribution in [2.45, 2.75) is 32.2 Å². The van der Waals surface area contributed by atoms with Gasteiger partial charge in [-0.05, 0) is 58.0 Å². The monoisotopic (exact) mass is 373 g/mol. The lowest BCUT2D eigenvalue weighted by atomic mass is 9.91. The standard InChI is InChI=1S/C21H31N3O3/c1-15(12-17-6-4-5-7-19(17)27-3)22-20(25)18-13-24(14-18)21(26)16-8-10-23(2)11-9-16/h4-7,15-16,18H,8-14H2,1-3H3,(H,22,25)/t15-/m0/s1. The molecule has 1 aromatic rings. The van der Waals surface area contributed by atoms with Gasteiger partial charge >= 0.3 is 0 Å². The molecule has 2 saturated heterocycles. The molecule has 2 fully saturated rings. The van der Waals surface area contributed by atoms with Crippen LogP contribution in [0.25, 0.3) is 0 Å². The van der Waals surface area contributed by atoms with E-state index in [9.17, 15) is 9.59 Å². The maximum atomic E-state index is 12.6. The molecule has 0 aromatic heterocycles. The van der Waals surface area contributed by atoms with Crippen molar-refractivity contribution in [2.75, 3.05) is 40.3 Å². The number of carbonyl (C=O) groups is 2. The quantitative estimate of drug-likeness (QED) is 0.822. The van der Waals surface area contributed by atoms with Crippen LogP contribution in [0.15, 0.2) is 24.3 Å². The van der Waals surface area contributed by atoms with E-state index in [0.717, 1.165) is 43.7 Å². The SMILES string of the molecule is COc1ccccc1C[C@H](C)NC(=O)C1CN(C(=O)C2CCN(C)CC2)C1. The van der Waals surface area contributed by atoms with E-state index < -0.39 is 0 Å². The molecule has 6 nitrogen and oxygen atoms in total. The minimum Gasteiger partial charge on any atom is -0.496 e. The van der Waals surface area contributed by atoms with Gasteiger partial charge in [0, 0.05) is 25.0 Å². The lowest BCUT2D eigenvalue weighted by Crippen LogP contribution is -2.58. The summed E-state index contributed by atoms with van der Waals surface area (Å²) in [7, 11) is 3.75. The van der Waals surface area contributed by atoms with Crippen molar-refractivity contribution in [3.05, 3.63) is 29.8 Å². The Morgan fingerprint density at radius 1 is 1.19 bits per heavy atom. The number of benzene rings is 1. The number of hydrogen-bond donors (Lipinski definition) is 1. The van der Waals surface area contributed by atoms with Crippen molar-refractivity contribution < 1.29 is 14.3 Å². The summed E-state index contributed by atoms with van der Waals surface area (Å²) in [6.45, 7) is 5.07. The number of methoxy groups -OCH3 is 1. The molecule has 1 N–H and O–H groups in total. The average Bonchev–Trinajstić information content (AvgIpc) is 2.61. The van der Waals surface area contributed by atoms with Crippen LogP contribution in [0.1, 0.15) is 25.3 Å². The molecule has 2 aliphatic rings. The Bertz CT molecular complexity index is 664. The largest absolute Gasteiger partial charge is 0.496 e. The minimum absolute atomic E-state index is 0.0208. The summed E-state index contributed by atoms with van der Waals surface area (Å²) in [6.07, 6.45) is 2.58. The summed E-state index contributed by atoms with van der Waals surface area (Å²) >= 11 is 0.